The number of anilines is 2. The van der Waals surface area contributed by atoms with E-state index in [9.17, 15) is 0 Å². The zero-order valence-electron chi connectivity index (χ0n) is 11.6. The molecule has 0 amide bonds. The van der Waals surface area contributed by atoms with Crippen molar-refractivity contribution in [1.29, 1.82) is 0 Å². The minimum absolute atomic E-state index is 0.605. The Hall–Kier alpha value is -1.77. The molecule has 3 rings (SSSR count). The Morgan fingerprint density at radius 1 is 1.32 bits per heavy atom. The van der Waals surface area contributed by atoms with Crippen LogP contribution < -0.4 is 10.6 Å². The van der Waals surface area contributed by atoms with Gasteiger partial charge in [-0.25, -0.2) is 0 Å². The topological polar surface area (TPSA) is 42.2 Å². The molecule has 100 valence electrons. The van der Waals surface area contributed by atoms with E-state index in [-0.39, 0.29) is 0 Å². The average molecular weight is 255 g/mol. The number of rotatable bonds is 2. The molecule has 1 aliphatic heterocycles. The Bertz CT molecular complexity index is 594. The first-order valence-electron chi connectivity index (χ1n) is 7.13. The van der Waals surface area contributed by atoms with Crippen molar-refractivity contribution in [3.8, 4) is 0 Å². The molecule has 3 nitrogen and oxygen atoms in total. The Balaban J connectivity index is 2.14. The van der Waals surface area contributed by atoms with E-state index in [4.69, 9.17) is 5.73 Å². The lowest BCUT2D eigenvalue weighted by atomic mass is 10.1. The van der Waals surface area contributed by atoms with Crippen LogP contribution in [0.4, 0.5) is 11.4 Å². The third-order valence-electron chi connectivity index (χ3n) is 4.28. The van der Waals surface area contributed by atoms with Crippen LogP contribution in [0.1, 0.15) is 33.1 Å². The van der Waals surface area contributed by atoms with Crippen molar-refractivity contribution in [3.63, 3.8) is 0 Å². The van der Waals surface area contributed by atoms with Crippen LogP contribution in [0.5, 0.6) is 0 Å². The molecule has 0 saturated carbocycles. The molecule has 2 aromatic rings. The molecule has 2 heterocycles. The van der Waals surface area contributed by atoms with Crippen LogP contribution in [0.2, 0.25) is 0 Å². The molecule has 19 heavy (non-hydrogen) atoms. The van der Waals surface area contributed by atoms with Crippen LogP contribution >= 0.6 is 0 Å². The maximum atomic E-state index is 5.85. The second-order valence-electron chi connectivity index (χ2n) is 5.50. The van der Waals surface area contributed by atoms with Crippen molar-refractivity contribution in [2.24, 2.45) is 0 Å². The number of fused-ring (bicyclic) bond motifs is 1. The zero-order chi connectivity index (χ0) is 13.4. The van der Waals surface area contributed by atoms with Gasteiger partial charge in [0.25, 0.3) is 0 Å². The summed E-state index contributed by atoms with van der Waals surface area (Å²) in [6.45, 7) is 4.59. The van der Waals surface area contributed by atoms with Crippen molar-refractivity contribution in [2.45, 2.75) is 45.2 Å². The minimum atomic E-state index is 0.605. The molecule has 3 heteroatoms. The second kappa shape index (κ2) is 4.72. The highest BCUT2D eigenvalue weighted by molar-refractivity contribution is 5.93. The molecular formula is C16H21N3. The average Bonchev–Trinajstić information content (AvgIpc) is 2.78. The number of pyridine rings is 1. The summed E-state index contributed by atoms with van der Waals surface area (Å²) < 4.78 is 0. The summed E-state index contributed by atoms with van der Waals surface area (Å²) in [5.74, 6) is 0. The third-order valence-corrected chi connectivity index (χ3v) is 4.28. The first-order chi connectivity index (χ1) is 9.20. The van der Waals surface area contributed by atoms with E-state index in [0.717, 1.165) is 11.2 Å². The maximum absolute atomic E-state index is 5.85. The van der Waals surface area contributed by atoms with Gasteiger partial charge in [0.1, 0.15) is 0 Å². The molecule has 2 N–H and O–H groups in total. The lowest BCUT2D eigenvalue weighted by Crippen LogP contribution is -2.34. The van der Waals surface area contributed by atoms with E-state index in [1.54, 1.807) is 0 Å². The molecule has 1 aliphatic rings. The minimum Gasteiger partial charge on any atom is -0.399 e. The molecule has 0 aliphatic carbocycles. The van der Waals surface area contributed by atoms with Crippen molar-refractivity contribution in [3.05, 3.63) is 30.5 Å². The summed E-state index contributed by atoms with van der Waals surface area (Å²) in [4.78, 5) is 7.01. The van der Waals surface area contributed by atoms with Gasteiger partial charge < -0.3 is 10.6 Å². The van der Waals surface area contributed by atoms with E-state index in [0.29, 0.717) is 12.1 Å². The standard InChI is InChI=1S/C16H21N3/c1-3-13-6-4-11(2)19(13)16-8-9-18-15-10-12(17)5-7-14(15)16/h5,7-11,13H,3-4,6,17H2,1-2H3. The molecule has 0 radical (unpaired) electrons. The number of nitrogens with two attached hydrogens (primary N) is 1. The van der Waals surface area contributed by atoms with E-state index in [1.807, 2.05) is 18.3 Å². The van der Waals surface area contributed by atoms with E-state index in [1.165, 1.54) is 30.3 Å². The van der Waals surface area contributed by atoms with Gasteiger partial charge in [0.05, 0.1) is 5.52 Å². The van der Waals surface area contributed by atoms with Crippen LogP contribution in [0, 0.1) is 0 Å². The quantitative estimate of drug-likeness (QED) is 0.834. The fourth-order valence-electron chi connectivity index (χ4n) is 3.28. The van der Waals surface area contributed by atoms with Crippen molar-refractivity contribution in [1.82, 2.24) is 4.98 Å². The van der Waals surface area contributed by atoms with E-state index >= 15 is 0 Å². The molecule has 0 spiro atoms. The summed E-state index contributed by atoms with van der Waals surface area (Å²) in [6, 6.07) is 9.43. The van der Waals surface area contributed by atoms with Gasteiger partial charge in [-0.2, -0.15) is 0 Å². The van der Waals surface area contributed by atoms with Gasteiger partial charge in [0.2, 0.25) is 0 Å². The normalized spacial score (nSPS) is 23.2. The third kappa shape index (κ3) is 2.03. The SMILES string of the molecule is CCC1CCC(C)N1c1ccnc2cc(N)ccc12. The van der Waals surface area contributed by atoms with Crippen LogP contribution in [0.15, 0.2) is 30.5 Å². The summed E-state index contributed by atoms with van der Waals surface area (Å²) >= 11 is 0. The predicted molar refractivity (Wildman–Crippen MR) is 81.4 cm³/mol. The fraction of sp³-hybridized carbons (Fsp3) is 0.438. The molecular weight excluding hydrogens is 234 g/mol. The first kappa shape index (κ1) is 12.3. The molecule has 2 unspecified atom stereocenters. The lowest BCUT2D eigenvalue weighted by molar-refractivity contribution is 0.629. The summed E-state index contributed by atoms with van der Waals surface area (Å²) in [5.41, 5.74) is 8.93. The van der Waals surface area contributed by atoms with Gasteiger partial charge in [-0.3, -0.25) is 4.98 Å². The molecule has 1 saturated heterocycles. The Morgan fingerprint density at radius 3 is 2.95 bits per heavy atom. The second-order valence-corrected chi connectivity index (χ2v) is 5.50. The number of hydrogen-bond donors (Lipinski definition) is 1. The number of aromatic nitrogens is 1. The fourth-order valence-corrected chi connectivity index (χ4v) is 3.28. The van der Waals surface area contributed by atoms with Crippen molar-refractivity contribution >= 4 is 22.3 Å². The zero-order valence-corrected chi connectivity index (χ0v) is 11.6. The van der Waals surface area contributed by atoms with Gasteiger partial charge in [-0.15, -0.1) is 0 Å². The number of hydrogen-bond acceptors (Lipinski definition) is 3. The van der Waals surface area contributed by atoms with Gasteiger partial charge in [0, 0.05) is 35.0 Å². The van der Waals surface area contributed by atoms with Crippen LogP contribution in [0.25, 0.3) is 10.9 Å². The lowest BCUT2D eigenvalue weighted by Gasteiger charge is -2.31. The van der Waals surface area contributed by atoms with Crippen LogP contribution in [-0.2, 0) is 0 Å². The summed E-state index contributed by atoms with van der Waals surface area (Å²) in [5, 5.41) is 1.21. The van der Waals surface area contributed by atoms with Gasteiger partial charge in [-0.1, -0.05) is 6.92 Å². The van der Waals surface area contributed by atoms with E-state index < -0.39 is 0 Å². The van der Waals surface area contributed by atoms with Gasteiger partial charge >= 0.3 is 0 Å². The number of nitrogens with zero attached hydrogens (tertiary/aromatic N) is 2. The smallest absolute Gasteiger partial charge is 0.0743 e. The Labute approximate surface area is 114 Å². The van der Waals surface area contributed by atoms with Crippen LogP contribution in [0.3, 0.4) is 0 Å². The van der Waals surface area contributed by atoms with Crippen molar-refractivity contribution < 1.29 is 0 Å². The molecule has 1 aromatic heterocycles. The maximum Gasteiger partial charge on any atom is 0.0743 e. The predicted octanol–water partition coefficient (Wildman–Crippen LogP) is 3.58. The van der Waals surface area contributed by atoms with Gasteiger partial charge in [-0.05, 0) is 50.5 Å². The Morgan fingerprint density at radius 2 is 2.16 bits per heavy atom. The monoisotopic (exact) mass is 255 g/mol. The largest absolute Gasteiger partial charge is 0.399 e. The highest BCUT2D eigenvalue weighted by Gasteiger charge is 2.30. The molecule has 1 aromatic carbocycles. The van der Waals surface area contributed by atoms with Gasteiger partial charge in [0.15, 0.2) is 0 Å². The Kier molecular flexibility index (Phi) is 3.05. The number of benzene rings is 1. The summed E-state index contributed by atoms with van der Waals surface area (Å²) in [7, 11) is 0. The molecule has 1 fully saturated rings. The van der Waals surface area contributed by atoms with Crippen LogP contribution in [-0.4, -0.2) is 17.1 Å². The molecule has 0 bridgehead atoms. The first-order valence-corrected chi connectivity index (χ1v) is 7.13. The van der Waals surface area contributed by atoms with E-state index in [2.05, 4.69) is 35.9 Å². The highest BCUT2D eigenvalue weighted by Crippen LogP contribution is 2.36. The molecule has 2 atom stereocenters. The number of nitrogen functional groups attached to an aromatic ring is 1. The highest BCUT2D eigenvalue weighted by atomic mass is 15.2. The summed E-state index contributed by atoms with van der Waals surface area (Å²) in [6.07, 6.45) is 5.66. The van der Waals surface area contributed by atoms with Crippen molar-refractivity contribution in [2.75, 3.05) is 10.6 Å².